The molecule has 0 saturated carbocycles. The van der Waals surface area contributed by atoms with Crippen LogP contribution in [0.5, 0.6) is 5.75 Å². The summed E-state index contributed by atoms with van der Waals surface area (Å²) in [6.07, 6.45) is 1.95. The molecular weight excluding hydrogens is 793 g/mol. The average molecular weight is 842 g/mol. The molecule has 0 aliphatic carbocycles. The second-order valence-corrected chi connectivity index (χ2v) is 16.0. The number of carbonyl (C=O) groups excluding carboxylic acids is 4. The zero-order valence-corrected chi connectivity index (χ0v) is 34.8. The second-order valence-electron chi connectivity index (χ2n) is 16.0. The number of carbonyl (C=O) groups is 4. The number of fused-ring (bicyclic) bond motifs is 5. The summed E-state index contributed by atoms with van der Waals surface area (Å²) in [5.74, 6) is 0.144. The van der Waals surface area contributed by atoms with Gasteiger partial charge in [-0.25, -0.2) is 28.3 Å². The van der Waals surface area contributed by atoms with Gasteiger partial charge in [-0.2, -0.15) is 0 Å². The lowest BCUT2D eigenvalue weighted by molar-refractivity contribution is -0.136. The highest BCUT2D eigenvalue weighted by Crippen LogP contribution is 2.46. The smallest absolute Gasteiger partial charge is 0.407 e. The molecule has 4 N–H and O–H groups in total. The second kappa shape index (κ2) is 16.5. The van der Waals surface area contributed by atoms with E-state index in [-0.39, 0.29) is 30.8 Å². The van der Waals surface area contributed by atoms with Crippen molar-refractivity contribution in [2.45, 2.75) is 89.9 Å². The number of methoxy groups -OCH3 is 2. The van der Waals surface area contributed by atoms with Crippen LogP contribution in [-0.4, -0.2) is 104 Å². The molecule has 5 aromatic rings. The Morgan fingerprint density at radius 3 is 2.25 bits per heavy atom. The Hall–Kier alpha value is -6.46. The van der Waals surface area contributed by atoms with Crippen molar-refractivity contribution in [3.05, 3.63) is 66.3 Å². The Morgan fingerprint density at radius 2 is 1.57 bits per heavy atom. The van der Waals surface area contributed by atoms with Crippen molar-refractivity contribution in [1.82, 2.24) is 44.9 Å². The van der Waals surface area contributed by atoms with Crippen molar-refractivity contribution in [2.24, 2.45) is 5.92 Å². The molecule has 2 fully saturated rings. The van der Waals surface area contributed by atoms with Gasteiger partial charge in [0.2, 0.25) is 11.8 Å². The number of halogens is 2. The van der Waals surface area contributed by atoms with Gasteiger partial charge in [-0.15, -0.1) is 0 Å². The molecule has 0 bridgehead atoms. The number of likely N-dealkylation sites (tertiary alicyclic amines) is 2. The molecule has 3 aliphatic rings. The highest BCUT2D eigenvalue weighted by molar-refractivity contribution is 5.93. The zero-order chi connectivity index (χ0) is 43.3. The molecule has 0 radical (unpaired) electrons. The van der Waals surface area contributed by atoms with E-state index in [2.05, 4.69) is 30.6 Å². The number of alkyl halides is 1. The lowest BCUT2D eigenvalue weighted by atomic mass is 10.0. The molecule has 3 aromatic heterocycles. The first-order valence-corrected chi connectivity index (χ1v) is 20.5. The van der Waals surface area contributed by atoms with E-state index >= 15 is 4.39 Å². The number of ether oxygens (including phenoxy) is 3. The molecule has 8 rings (SSSR count). The molecule has 6 atom stereocenters. The third-order valence-electron chi connectivity index (χ3n) is 11.9. The van der Waals surface area contributed by atoms with Crippen molar-refractivity contribution in [1.29, 1.82) is 0 Å². The van der Waals surface area contributed by atoms with Gasteiger partial charge >= 0.3 is 12.2 Å². The van der Waals surface area contributed by atoms with Gasteiger partial charge in [0.05, 0.1) is 67.8 Å². The summed E-state index contributed by atoms with van der Waals surface area (Å²) < 4.78 is 49.3. The van der Waals surface area contributed by atoms with Gasteiger partial charge in [-0.3, -0.25) is 9.59 Å². The van der Waals surface area contributed by atoms with E-state index in [1.54, 1.807) is 49.3 Å². The van der Waals surface area contributed by atoms with E-state index in [4.69, 9.17) is 14.2 Å². The standard InChI is InChI=1S/C43H49F2N9O7/c1-7-28(50-42(57)59-5)40(55)52-14-8-9-32(52)38-46-18-29(48-38)23-11-13-31-27(15-23)35(45)37-26-12-10-24(16-34(26)61-22(4)54(31)37)30-19-47-39(49-30)33-17-25(44)20-53(33)41(56)36(21(2)3)51-43(58)60-6/h10-13,15-16,18-19,21-22,25,28,32-33,36H,7-9,14,17,20H2,1-6H3,(H,46,48)(H,47,49)(H,50,57)(H,51,58). The SMILES string of the molecule is CCC(NC(=O)OC)C(=O)N1CCCC1c1ncc(-c2ccc3c(c2)c(F)c2n3C(C)Oc3cc(-c4cnc(C5CC(F)CN5C(=O)C(NC(=O)OC)C(C)C)[nH]4)ccc3-2)[nH]1. The molecule has 6 unspecified atom stereocenters. The fourth-order valence-corrected chi connectivity index (χ4v) is 8.81. The molecule has 322 valence electrons. The molecule has 3 aliphatic heterocycles. The van der Waals surface area contributed by atoms with Crippen LogP contribution in [0.1, 0.15) is 83.3 Å². The maximum absolute atomic E-state index is 16.7. The molecule has 2 aromatic carbocycles. The Balaban J connectivity index is 1.04. The lowest BCUT2D eigenvalue weighted by Gasteiger charge is -2.29. The molecule has 18 heteroatoms. The van der Waals surface area contributed by atoms with Crippen LogP contribution in [0.25, 0.3) is 44.7 Å². The summed E-state index contributed by atoms with van der Waals surface area (Å²) in [4.78, 5) is 69.9. The summed E-state index contributed by atoms with van der Waals surface area (Å²) in [7, 11) is 2.47. The lowest BCUT2D eigenvalue weighted by Crippen LogP contribution is -2.51. The maximum atomic E-state index is 16.7. The van der Waals surface area contributed by atoms with Gasteiger partial charge in [0.15, 0.2) is 12.0 Å². The molecule has 4 amide bonds. The number of H-pyrrole nitrogens is 2. The summed E-state index contributed by atoms with van der Waals surface area (Å²) in [5.41, 5.74) is 4.25. The summed E-state index contributed by atoms with van der Waals surface area (Å²) in [6, 6.07) is 8.30. The van der Waals surface area contributed by atoms with Gasteiger partial charge in [-0.05, 0) is 56.4 Å². The predicted molar refractivity (Wildman–Crippen MR) is 219 cm³/mol. The van der Waals surface area contributed by atoms with E-state index in [1.165, 1.54) is 19.1 Å². The number of aromatic nitrogens is 5. The minimum atomic E-state index is -1.28. The molecule has 2 saturated heterocycles. The number of nitrogens with one attached hydrogen (secondary N) is 4. The van der Waals surface area contributed by atoms with Crippen molar-refractivity contribution < 1.29 is 42.2 Å². The van der Waals surface area contributed by atoms with Crippen molar-refractivity contribution >= 4 is 34.9 Å². The summed E-state index contributed by atoms with van der Waals surface area (Å²) in [6.45, 7) is 7.63. The zero-order valence-electron chi connectivity index (χ0n) is 34.8. The predicted octanol–water partition coefficient (Wildman–Crippen LogP) is 6.93. The molecule has 6 heterocycles. The van der Waals surface area contributed by atoms with Crippen LogP contribution in [0, 0.1) is 11.7 Å². The monoisotopic (exact) mass is 841 g/mol. The van der Waals surface area contributed by atoms with Crippen LogP contribution in [0.15, 0.2) is 48.8 Å². The van der Waals surface area contributed by atoms with Crippen LogP contribution in [0.4, 0.5) is 18.4 Å². The Labute approximate surface area is 350 Å². The van der Waals surface area contributed by atoms with E-state index < -0.39 is 54.4 Å². The van der Waals surface area contributed by atoms with Crippen molar-refractivity contribution in [3.63, 3.8) is 0 Å². The highest BCUT2D eigenvalue weighted by Gasteiger charge is 2.42. The van der Waals surface area contributed by atoms with Crippen molar-refractivity contribution in [2.75, 3.05) is 27.3 Å². The van der Waals surface area contributed by atoms with Crippen molar-refractivity contribution in [3.8, 4) is 39.5 Å². The summed E-state index contributed by atoms with van der Waals surface area (Å²) >= 11 is 0. The topological polar surface area (TPSA) is 189 Å². The third kappa shape index (κ3) is 7.52. The van der Waals surface area contributed by atoms with Crippen LogP contribution in [-0.2, 0) is 19.1 Å². The van der Waals surface area contributed by atoms with Gasteiger partial charge in [0, 0.05) is 35.0 Å². The van der Waals surface area contributed by atoms with Crippen LogP contribution in [0.3, 0.4) is 0 Å². The number of rotatable bonds is 10. The number of nitrogens with zero attached hydrogens (tertiary/aromatic N) is 5. The first-order chi connectivity index (χ1) is 29.3. The van der Waals surface area contributed by atoms with Crippen LogP contribution in [0.2, 0.25) is 0 Å². The van der Waals surface area contributed by atoms with E-state index in [0.29, 0.717) is 81.5 Å². The number of amides is 4. The Kier molecular flexibility index (Phi) is 11.2. The van der Waals surface area contributed by atoms with Gasteiger partial charge in [0.1, 0.15) is 35.7 Å². The fraction of sp³-hybridized carbons (Fsp3) is 0.442. The van der Waals surface area contributed by atoms with Gasteiger partial charge < -0.3 is 49.2 Å². The fourth-order valence-electron chi connectivity index (χ4n) is 8.81. The number of hydrogen-bond acceptors (Lipinski definition) is 9. The Morgan fingerprint density at radius 1 is 0.918 bits per heavy atom. The van der Waals surface area contributed by atoms with E-state index in [1.807, 2.05) is 36.6 Å². The average Bonchev–Trinajstić information content (AvgIpc) is 4.11. The first-order valence-electron chi connectivity index (χ1n) is 20.5. The van der Waals surface area contributed by atoms with Crippen LogP contribution >= 0.6 is 0 Å². The Bertz CT molecular complexity index is 2500. The molecular formula is C43H49F2N9O7. The van der Waals surface area contributed by atoms with Gasteiger partial charge in [0.25, 0.3) is 0 Å². The number of hydrogen-bond donors (Lipinski definition) is 4. The minimum Gasteiger partial charge on any atom is -0.470 e. The number of imidazole rings is 2. The van der Waals surface area contributed by atoms with E-state index in [9.17, 15) is 23.6 Å². The largest absolute Gasteiger partial charge is 0.470 e. The third-order valence-corrected chi connectivity index (χ3v) is 11.9. The normalized spacial score (nSPS) is 20.5. The maximum Gasteiger partial charge on any atom is 0.407 e. The summed E-state index contributed by atoms with van der Waals surface area (Å²) in [5, 5.41) is 5.59. The highest BCUT2D eigenvalue weighted by atomic mass is 19.1. The number of alkyl carbamates (subject to hydrolysis) is 2. The quantitative estimate of drug-likeness (QED) is 0.116. The van der Waals surface area contributed by atoms with Crippen LogP contribution < -0.4 is 15.4 Å². The molecule has 0 spiro atoms. The first kappa shape index (κ1) is 41.3. The molecule has 16 nitrogen and oxygen atoms in total. The molecule has 61 heavy (non-hydrogen) atoms. The van der Waals surface area contributed by atoms with Gasteiger partial charge in [-0.1, -0.05) is 32.9 Å². The minimum absolute atomic E-state index is 0.0385. The number of benzene rings is 2. The number of aromatic amines is 2. The van der Waals surface area contributed by atoms with E-state index in [0.717, 1.165) is 6.42 Å².